The molecular weight excluding hydrogens is 242 g/mol. The minimum Gasteiger partial charge on any atom is -0.444 e. The molecule has 4 nitrogen and oxygen atoms in total. The summed E-state index contributed by atoms with van der Waals surface area (Å²) in [5.74, 6) is 0.0935. The monoisotopic (exact) mass is 271 g/mol. The van der Waals surface area contributed by atoms with Crippen LogP contribution in [0.4, 0.5) is 4.79 Å². The first-order valence-electron chi connectivity index (χ1n) is 7.21. The average molecular weight is 271 g/mol. The Morgan fingerprint density at radius 2 is 1.79 bits per heavy atom. The molecular formula is C15H29NO3. The number of carbonyl (C=O) groups excluding carboxylic acids is 2. The zero-order valence-electron chi connectivity index (χ0n) is 13.3. The minimum absolute atomic E-state index is 0.00781. The molecule has 1 unspecified atom stereocenters. The van der Waals surface area contributed by atoms with Crippen LogP contribution in [0.1, 0.15) is 60.8 Å². The Kier molecular flexibility index (Phi) is 7.72. The number of hydrogen-bond donors (Lipinski definition) is 0. The van der Waals surface area contributed by atoms with Gasteiger partial charge in [-0.05, 0) is 33.6 Å². The minimum atomic E-state index is -0.527. The lowest BCUT2D eigenvalue weighted by Gasteiger charge is -2.27. The van der Waals surface area contributed by atoms with Gasteiger partial charge in [-0.2, -0.15) is 0 Å². The fraction of sp³-hybridized carbons (Fsp3) is 0.867. The number of amides is 1. The van der Waals surface area contributed by atoms with Crippen LogP contribution in [0.25, 0.3) is 0 Å². The van der Waals surface area contributed by atoms with Crippen molar-refractivity contribution in [3.8, 4) is 0 Å². The zero-order valence-corrected chi connectivity index (χ0v) is 13.3. The van der Waals surface area contributed by atoms with E-state index in [0.29, 0.717) is 6.54 Å². The maximum atomic E-state index is 12.1. The van der Waals surface area contributed by atoms with E-state index in [1.165, 1.54) is 4.90 Å². The van der Waals surface area contributed by atoms with E-state index in [1.54, 1.807) is 0 Å². The Balaban J connectivity index is 4.62. The summed E-state index contributed by atoms with van der Waals surface area (Å²) in [7, 11) is 0. The molecule has 0 aromatic heterocycles. The van der Waals surface area contributed by atoms with Gasteiger partial charge in [0.05, 0.1) is 6.54 Å². The molecule has 0 rings (SSSR count). The van der Waals surface area contributed by atoms with Crippen molar-refractivity contribution in [3.63, 3.8) is 0 Å². The highest BCUT2D eigenvalue weighted by Crippen LogP contribution is 2.12. The summed E-state index contributed by atoms with van der Waals surface area (Å²) in [6.07, 6.45) is 2.27. The van der Waals surface area contributed by atoms with E-state index in [0.717, 1.165) is 19.3 Å². The van der Waals surface area contributed by atoms with Gasteiger partial charge in [-0.3, -0.25) is 4.79 Å². The quantitative estimate of drug-likeness (QED) is 0.710. The van der Waals surface area contributed by atoms with E-state index >= 15 is 0 Å². The second-order valence-electron chi connectivity index (χ2n) is 6.03. The lowest BCUT2D eigenvalue weighted by atomic mass is 10.0. The van der Waals surface area contributed by atoms with E-state index in [4.69, 9.17) is 4.74 Å². The van der Waals surface area contributed by atoms with Crippen molar-refractivity contribution in [2.24, 2.45) is 5.92 Å². The van der Waals surface area contributed by atoms with Crippen LogP contribution in [-0.4, -0.2) is 35.5 Å². The molecule has 112 valence electrons. The SMILES string of the molecule is CCCCN(CC(=O)C(C)CC)C(=O)OC(C)(C)C. The number of Topliss-reactive ketones (excluding diaryl/α,β-unsaturated/α-hetero) is 1. The predicted octanol–water partition coefficient (Wildman–Crippen LogP) is 3.64. The molecule has 1 atom stereocenters. The van der Waals surface area contributed by atoms with E-state index < -0.39 is 11.7 Å². The first kappa shape index (κ1) is 17.9. The molecule has 4 heteroatoms. The number of ketones is 1. The maximum absolute atomic E-state index is 12.1. The summed E-state index contributed by atoms with van der Waals surface area (Å²) in [5.41, 5.74) is -0.527. The number of unbranched alkanes of at least 4 members (excludes halogenated alkanes) is 1. The smallest absolute Gasteiger partial charge is 0.410 e. The molecule has 0 fully saturated rings. The van der Waals surface area contributed by atoms with E-state index in [-0.39, 0.29) is 18.2 Å². The molecule has 19 heavy (non-hydrogen) atoms. The summed E-state index contributed by atoms with van der Waals surface area (Å²) < 4.78 is 5.35. The number of ether oxygens (including phenoxy) is 1. The molecule has 0 aliphatic rings. The third-order valence-corrected chi connectivity index (χ3v) is 2.94. The van der Waals surface area contributed by atoms with E-state index in [9.17, 15) is 9.59 Å². The molecule has 0 spiro atoms. The molecule has 1 amide bonds. The van der Waals surface area contributed by atoms with Crippen LogP contribution < -0.4 is 0 Å². The maximum Gasteiger partial charge on any atom is 0.410 e. The van der Waals surface area contributed by atoms with Crippen molar-refractivity contribution in [2.75, 3.05) is 13.1 Å². The number of hydrogen-bond acceptors (Lipinski definition) is 3. The van der Waals surface area contributed by atoms with E-state index in [2.05, 4.69) is 6.92 Å². The van der Waals surface area contributed by atoms with Gasteiger partial charge >= 0.3 is 6.09 Å². The summed E-state index contributed by atoms with van der Waals surface area (Å²) >= 11 is 0. The highest BCUT2D eigenvalue weighted by molar-refractivity contribution is 5.85. The van der Waals surface area contributed by atoms with Crippen LogP contribution in [0.2, 0.25) is 0 Å². The van der Waals surface area contributed by atoms with Crippen molar-refractivity contribution in [1.82, 2.24) is 4.90 Å². The van der Waals surface area contributed by atoms with Gasteiger partial charge in [-0.15, -0.1) is 0 Å². The first-order valence-corrected chi connectivity index (χ1v) is 7.21. The Labute approximate surface area is 117 Å². The van der Waals surface area contributed by atoms with Crippen LogP contribution >= 0.6 is 0 Å². The molecule has 0 radical (unpaired) electrons. The number of rotatable bonds is 7. The Morgan fingerprint density at radius 3 is 2.21 bits per heavy atom. The lowest BCUT2D eigenvalue weighted by molar-refractivity contribution is -0.123. The first-order chi connectivity index (χ1) is 8.71. The topological polar surface area (TPSA) is 46.6 Å². The number of nitrogens with zero attached hydrogens (tertiary/aromatic N) is 1. The Morgan fingerprint density at radius 1 is 1.21 bits per heavy atom. The van der Waals surface area contributed by atoms with Crippen molar-refractivity contribution >= 4 is 11.9 Å². The largest absolute Gasteiger partial charge is 0.444 e. The second-order valence-corrected chi connectivity index (χ2v) is 6.03. The molecule has 0 aliphatic carbocycles. The van der Waals surface area contributed by atoms with Crippen molar-refractivity contribution in [1.29, 1.82) is 0 Å². The fourth-order valence-electron chi connectivity index (χ4n) is 1.48. The molecule has 0 N–H and O–H groups in total. The summed E-state index contributed by atoms with van der Waals surface area (Å²) in [6.45, 7) is 12.2. The van der Waals surface area contributed by atoms with Gasteiger partial charge in [0.15, 0.2) is 5.78 Å². The highest BCUT2D eigenvalue weighted by atomic mass is 16.6. The van der Waals surface area contributed by atoms with Crippen LogP contribution in [0.15, 0.2) is 0 Å². The zero-order chi connectivity index (χ0) is 15.1. The Hall–Kier alpha value is -1.06. The van der Waals surface area contributed by atoms with Gasteiger partial charge in [0.1, 0.15) is 5.60 Å². The van der Waals surface area contributed by atoms with Gasteiger partial charge in [0.2, 0.25) is 0 Å². The molecule has 0 saturated heterocycles. The van der Waals surface area contributed by atoms with Crippen molar-refractivity contribution in [2.45, 2.75) is 66.4 Å². The van der Waals surface area contributed by atoms with Crippen LogP contribution in [-0.2, 0) is 9.53 Å². The van der Waals surface area contributed by atoms with Crippen LogP contribution in [0.3, 0.4) is 0 Å². The third kappa shape index (κ3) is 7.85. The van der Waals surface area contributed by atoms with Gasteiger partial charge in [0, 0.05) is 12.5 Å². The van der Waals surface area contributed by atoms with Crippen molar-refractivity contribution in [3.05, 3.63) is 0 Å². The molecule has 0 aromatic rings. The summed E-state index contributed by atoms with van der Waals surface area (Å²) in [6, 6.07) is 0. The Bertz CT molecular complexity index is 294. The van der Waals surface area contributed by atoms with E-state index in [1.807, 2.05) is 34.6 Å². The van der Waals surface area contributed by atoms with Crippen molar-refractivity contribution < 1.29 is 14.3 Å². The summed E-state index contributed by atoms with van der Waals surface area (Å²) in [4.78, 5) is 25.6. The van der Waals surface area contributed by atoms with Gasteiger partial charge < -0.3 is 9.64 Å². The lowest BCUT2D eigenvalue weighted by Crippen LogP contribution is -2.41. The molecule has 0 saturated carbocycles. The third-order valence-electron chi connectivity index (χ3n) is 2.94. The summed E-state index contributed by atoms with van der Waals surface area (Å²) in [5, 5.41) is 0. The second kappa shape index (κ2) is 8.18. The van der Waals surface area contributed by atoms with Crippen LogP contribution in [0.5, 0.6) is 0 Å². The average Bonchev–Trinajstić information content (AvgIpc) is 2.30. The molecule has 0 bridgehead atoms. The van der Waals surface area contributed by atoms with Gasteiger partial charge in [0.25, 0.3) is 0 Å². The predicted molar refractivity (Wildman–Crippen MR) is 77.2 cm³/mol. The fourth-order valence-corrected chi connectivity index (χ4v) is 1.48. The molecule has 0 heterocycles. The standard InChI is InChI=1S/C15H29NO3/c1-7-9-10-16(11-13(17)12(3)8-2)14(18)19-15(4,5)6/h12H,7-11H2,1-6H3. The normalized spacial score (nSPS) is 12.9. The van der Waals surface area contributed by atoms with Gasteiger partial charge in [-0.25, -0.2) is 4.79 Å². The molecule has 0 aliphatic heterocycles. The van der Waals surface area contributed by atoms with Crippen LogP contribution in [0, 0.1) is 5.92 Å². The number of carbonyl (C=O) groups is 2. The molecule has 0 aromatic carbocycles. The van der Waals surface area contributed by atoms with Gasteiger partial charge in [-0.1, -0.05) is 27.2 Å². The highest BCUT2D eigenvalue weighted by Gasteiger charge is 2.24.